The van der Waals surface area contributed by atoms with Crippen molar-refractivity contribution in [3.8, 4) is 5.75 Å². The summed E-state index contributed by atoms with van der Waals surface area (Å²) in [5, 5.41) is 0. The number of rotatable bonds is 3. The number of hydrogen-bond acceptors (Lipinski definition) is 2. The summed E-state index contributed by atoms with van der Waals surface area (Å²) in [5.41, 5.74) is 6.65. The molecule has 20 heavy (non-hydrogen) atoms. The highest BCUT2D eigenvalue weighted by Crippen LogP contribution is 2.11. The van der Waals surface area contributed by atoms with Crippen LogP contribution in [0.4, 0.5) is 0 Å². The van der Waals surface area contributed by atoms with Gasteiger partial charge in [0.05, 0.1) is 7.11 Å². The van der Waals surface area contributed by atoms with Gasteiger partial charge in [0, 0.05) is 31.5 Å². The normalized spacial score (nSPS) is 10.2. The van der Waals surface area contributed by atoms with E-state index >= 15 is 0 Å². The second-order valence-electron chi connectivity index (χ2n) is 4.82. The van der Waals surface area contributed by atoms with E-state index in [1.165, 1.54) is 5.56 Å². The Labute approximate surface area is 119 Å². The Bertz CT molecular complexity index is 610. The van der Waals surface area contributed by atoms with Crippen LogP contribution in [0.25, 0.3) is 0 Å². The molecular weight excluding hydrogens is 252 g/mol. The first-order chi connectivity index (χ1) is 9.51. The van der Waals surface area contributed by atoms with Crippen LogP contribution in [-0.4, -0.2) is 13.0 Å². The molecule has 0 saturated heterocycles. The molecule has 0 aliphatic carbocycles. The number of carbonyl (C=O) groups excluding carboxylic acids is 1. The summed E-state index contributed by atoms with van der Waals surface area (Å²) in [6, 6.07) is 11.1. The number of carbonyl (C=O) groups is 1. The average molecular weight is 271 g/mol. The SMILES string of the molecule is COc1ccc(C(=O)N[n+]2c(C)cc(C)cc2C)cc1. The molecule has 0 atom stereocenters. The maximum Gasteiger partial charge on any atom is 0.305 e. The van der Waals surface area contributed by atoms with Gasteiger partial charge in [0.2, 0.25) is 11.4 Å². The predicted molar refractivity (Wildman–Crippen MR) is 77.5 cm³/mol. The van der Waals surface area contributed by atoms with Crippen LogP contribution in [0.3, 0.4) is 0 Å². The molecule has 1 aromatic carbocycles. The molecule has 4 nitrogen and oxygen atoms in total. The van der Waals surface area contributed by atoms with Crippen LogP contribution in [-0.2, 0) is 0 Å². The molecule has 4 heteroatoms. The third kappa shape index (κ3) is 2.96. The molecule has 0 bridgehead atoms. The third-order valence-corrected chi connectivity index (χ3v) is 3.14. The molecule has 1 heterocycles. The first-order valence-corrected chi connectivity index (χ1v) is 6.46. The Kier molecular flexibility index (Phi) is 4.03. The number of ether oxygens (including phenoxy) is 1. The third-order valence-electron chi connectivity index (χ3n) is 3.14. The molecule has 0 saturated carbocycles. The van der Waals surface area contributed by atoms with Crippen molar-refractivity contribution >= 4 is 5.91 Å². The fourth-order valence-corrected chi connectivity index (χ4v) is 2.19. The summed E-state index contributed by atoms with van der Waals surface area (Å²) in [7, 11) is 1.60. The number of benzene rings is 1. The van der Waals surface area contributed by atoms with Crippen molar-refractivity contribution in [2.24, 2.45) is 0 Å². The van der Waals surface area contributed by atoms with Crippen LogP contribution in [0.2, 0.25) is 0 Å². The van der Waals surface area contributed by atoms with Crippen LogP contribution in [0, 0.1) is 20.8 Å². The van der Waals surface area contributed by atoms with Crippen LogP contribution in [0.1, 0.15) is 27.3 Å². The van der Waals surface area contributed by atoms with Crippen LogP contribution >= 0.6 is 0 Å². The molecule has 1 aromatic heterocycles. The molecule has 0 spiro atoms. The van der Waals surface area contributed by atoms with Crippen LogP contribution in [0.5, 0.6) is 5.75 Å². The van der Waals surface area contributed by atoms with Gasteiger partial charge < -0.3 is 4.74 Å². The lowest BCUT2D eigenvalue weighted by Crippen LogP contribution is -2.52. The molecule has 2 aromatic rings. The number of aromatic nitrogens is 1. The lowest BCUT2D eigenvalue weighted by atomic mass is 10.2. The maximum absolute atomic E-state index is 12.2. The van der Waals surface area contributed by atoms with Gasteiger partial charge in [0.1, 0.15) is 5.75 Å². The number of pyridine rings is 1. The number of methoxy groups -OCH3 is 1. The summed E-state index contributed by atoms with van der Waals surface area (Å²) in [4.78, 5) is 12.2. The van der Waals surface area contributed by atoms with Crippen molar-refractivity contribution in [1.29, 1.82) is 0 Å². The first kappa shape index (κ1) is 14.1. The van der Waals surface area contributed by atoms with Crippen LogP contribution < -0.4 is 14.8 Å². The molecule has 0 unspecified atom stereocenters. The van der Waals surface area contributed by atoms with E-state index in [-0.39, 0.29) is 5.91 Å². The number of hydrogen-bond donors (Lipinski definition) is 1. The fourth-order valence-electron chi connectivity index (χ4n) is 2.19. The molecule has 1 N–H and O–H groups in total. The molecule has 0 fully saturated rings. The Morgan fingerprint density at radius 2 is 1.60 bits per heavy atom. The zero-order valence-corrected chi connectivity index (χ0v) is 12.2. The molecule has 0 radical (unpaired) electrons. The van der Waals surface area contributed by atoms with Crippen molar-refractivity contribution in [2.75, 3.05) is 12.5 Å². The van der Waals surface area contributed by atoms with E-state index in [1.807, 2.05) is 32.9 Å². The van der Waals surface area contributed by atoms with E-state index in [1.54, 1.807) is 36.1 Å². The lowest BCUT2D eigenvalue weighted by Gasteiger charge is -2.06. The molecule has 104 valence electrons. The topological polar surface area (TPSA) is 42.2 Å². The summed E-state index contributed by atoms with van der Waals surface area (Å²) in [5.74, 6) is 0.588. The van der Waals surface area contributed by atoms with Gasteiger partial charge in [0.15, 0.2) is 0 Å². The van der Waals surface area contributed by atoms with Crippen molar-refractivity contribution in [3.63, 3.8) is 0 Å². The van der Waals surface area contributed by atoms with E-state index < -0.39 is 0 Å². The highest BCUT2D eigenvalue weighted by molar-refractivity contribution is 5.98. The summed E-state index contributed by atoms with van der Waals surface area (Å²) < 4.78 is 6.87. The minimum absolute atomic E-state index is 0.146. The smallest absolute Gasteiger partial charge is 0.305 e. The van der Waals surface area contributed by atoms with Gasteiger partial charge in [0.25, 0.3) is 0 Å². The molecule has 0 aliphatic heterocycles. The highest BCUT2D eigenvalue weighted by Gasteiger charge is 2.16. The lowest BCUT2D eigenvalue weighted by molar-refractivity contribution is -0.654. The van der Waals surface area contributed by atoms with Crippen molar-refractivity contribution in [2.45, 2.75) is 20.8 Å². The minimum Gasteiger partial charge on any atom is -0.497 e. The fraction of sp³-hybridized carbons (Fsp3) is 0.250. The highest BCUT2D eigenvalue weighted by atomic mass is 16.5. The Morgan fingerprint density at radius 1 is 1.05 bits per heavy atom. The number of nitrogens with zero attached hydrogens (tertiary/aromatic N) is 1. The van der Waals surface area contributed by atoms with E-state index in [0.717, 1.165) is 17.1 Å². The Morgan fingerprint density at radius 3 is 2.10 bits per heavy atom. The van der Waals surface area contributed by atoms with Gasteiger partial charge in [-0.3, -0.25) is 4.79 Å². The largest absolute Gasteiger partial charge is 0.497 e. The van der Waals surface area contributed by atoms with Gasteiger partial charge in [-0.15, -0.1) is 5.43 Å². The zero-order valence-electron chi connectivity index (χ0n) is 12.2. The van der Waals surface area contributed by atoms with Gasteiger partial charge in [-0.1, -0.05) is 4.68 Å². The quantitative estimate of drug-likeness (QED) is 0.870. The number of amides is 1. The second-order valence-corrected chi connectivity index (χ2v) is 4.82. The minimum atomic E-state index is -0.146. The average Bonchev–Trinajstić information content (AvgIpc) is 2.42. The summed E-state index contributed by atoms with van der Waals surface area (Å²) in [6.07, 6.45) is 0. The van der Waals surface area contributed by atoms with Gasteiger partial charge in [-0.05, 0) is 36.8 Å². The standard InChI is InChI=1S/C16H18N2O2/c1-11-9-12(2)18(13(3)10-11)17-16(19)14-5-7-15(20-4)8-6-14/h5-10H,1-4H3/p+1. The van der Waals surface area contributed by atoms with Gasteiger partial charge in [-0.2, -0.15) is 0 Å². The van der Waals surface area contributed by atoms with Crippen molar-refractivity contribution in [3.05, 3.63) is 58.9 Å². The predicted octanol–water partition coefficient (Wildman–Crippen LogP) is 2.29. The summed E-state index contributed by atoms with van der Waals surface area (Å²) in [6.45, 7) is 5.97. The van der Waals surface area contributed by atoms with E-state index in [2.05, 4.69) is 5.43 Å². The molecular formula is C16H19N2O2+. The molecule has 2 rings (SSSR count). The van der Waals surface area contributed by atoms with E-state index in [4.69, 9.17) is 4.74 Å². The maximum atomic E-state index is 12.2. The van der Waals surface area contributed by atoms with Gasteiger partial charge >= 0.3 is 5.91 Å². The monoisotopic (exact) mass is 271 g/mol. The second kappa shape index (κ2) is 5.74. The molecule has 0 aliphatic rings. The first-order valence-electron chi connectivity index (χ1n) is 6.46. The van der Waals surface area contributed by atoms with Crippen molar-refractivity contribution in [1.82, 2.24) is 0 Å². The Balaban J connectivity index is 2.23. The van der Waals surface area contributed by atoms with Gasteiger partial charge in [-0.25, -0.2) is 0 Å². The van der Waals surface area contributed by atoms with Crippen LogP contribution in [0.15, 0.2) is 36.4 Å². The Hall–Kier alpha value is -2.36. The number of nitrogens with one attached hydrogen (secondary N) is 1. The zero-order chi connectivity index (χ0) is 14.7. The van der Waals surface area contributed by atoms with E-state index in [0.29, 0.717) is 5.56 Å². The summed E-state index contributed by atoms with van der Waals surface area (Å²) >= 11 is 0. The van der Waals surface area contributed by atoms with Crippen molar-refractivity contribution < 1.29 is 14.2 Å². The number of aryl methyl sites for hydroxylation is 3. The van der Waals surface area contributed by atoms with E-state index in [9.17, 15) is 4.79 Å². The molecule has 1 amide bonds.